The van der Waals surface area contributed by atoms with E-state index in [0.29, 0.717) is 17.0 Å². The number of hydrazone groups is 1. The Hall–Kier alpha value is -4.32. The van der Waals surface area contributed by atoms with Gasteiger partial charge in [-0.25, -0.2) is 10.4 Å². The molecular weight excluding hydrogens is 484 g/mol. The van der Waals surface area contributed by atoms with Gasteiger partial charge in [-0.05, 0) is 47.7 Å². The number of fused-ring (bicyclic) bond motifs is 1. The number of para-hydroxylation sites is 1. The van der Waals surface area contributed by atoms with Gasteiger partial charge in [0.1, 0.15) is 0 Å². The summed E-state index contributed by atoms with van der Waals surface area (Å²) in [5, 5.41) is 8.06. The number of carbonyl (C=O) groups excluding carboxylic acids is 2. The fourth-order valence-electron chi connectivity index (χ4n) is 4.05. The van der Waals surface area contributed by atoms with Crippen LogP contribution >= 0.6 is 0 Å². The Balaban J connectivity index is 1.61. The number of carbonyl (C=O) groups is 2. The van der Waals surface area contributed by atoms with Crippen LogP contribution in [-0.4, -0.2) is 22.5 Å². The van der Waals surface area contributed by atoms with Crippen molar-refractivity contribution in [3.8, 4) is 11.3 Å². The summed E-state index contributed by atoms with van der Waals surface area (Å²) in [5.41, 5.74) is 8.48. The predicted octanol–water partition coefficient (Wildman–Crippen LogP) is 7.34. The minimum absolute atomic E-state index is 0.0496. The Bertz CT molecular complexity index is 1560. The average Bonchev–Trinajstić information content (AvgIpc) is 2.90. The maximum absolute atomic E-state index is 13.4. The number of nitrogens with one attached hydrogen (secondary N) is 2. The van der Waals surface area contributed by atoms with Crippen LogP contribution < -0.4 is 10.7 Å². The fraction of sp³-hybridized carbons (Fsp3) is 0.273. The van der Waals surface area contributed by atoms with Crippen molar-refractivity contribution in [3.05, 3.63) is 95.6 Å². The van der Waals surface area contributed by atoms with Crippen LogP contribution in [0.15, 0.2) is 84.0 Å². The zero-order valence-electron chi connectivity index (χ0n) is 23.7. The molecule has 3 aromatic carbocycles. The third kappa shape index (κ3) is 6.58. The summed E-state index contributed by atoms with van der Waals surface area (Å²) in [4.78, 5) is 30.6. The van der Waals surface area contributed by atoms with Gasteiger partial charge < -0.3 is 5.32 Å². The van der Waals surface area contributed by atoms with Crippen LogP contribution in [0, 0.1) is 5.41 Å². The number of pyridine rings is 1. The van der Waals surface area contributed by atoms with Gasteiger partial charge in [0, 0.05) is 22.1 Å². The summed E-state index contributed by atoms with van der Waals surface area (Å²) in [6, 6.07) is 25.1. The minimum atomic E-state index is -0.506. The van der Waals surface area contributed by atoms with E-state index in [-0.39, 0.29) is 17.2 Å². The second-order valence-corrected chi connectivity index (χ2v) is 11.8. The highest BCUT2D eigenvalue weighted by molar-refractivity contribution is 6.08. The van der Waals surface area contributed by atoms with Gasteiger partial charge in [0.15, 0.2) is 0 Å². The third-order valence-corrected chi connectivity index (χ3v) is 6.55. The summed E-state index contributed by atoms with van der Waals surface area (Å²) >= 11 is 0. The maximum atomic E-state index is 13.4. The molecule has 2 N–H and O–H groups in total. The van der Waals surface area contributed by atoms with Gasteiger partial charge in [-0.3, -0.25) is 9.59 Å². The average molecular weight is 521 g/mol. The van der Waals surface area contributed by atoms with Gasteiger partial charge >= 0.3 is 0 Å². The van der Waals surface area contributed by atoms with Crippen LogP contribution in [0.2, 0.25) is 0 Å². The highest BCUT2D eigenvalue weighted by atomic mass is 16.2. The molecule has 0 unspecified atom stereocenters. The zero-order valence-corrected chi connectivity index (χ0v) is 23.7. The zero-order chi connectivity index (χ0) is 28.4. The van der Waals surface area contributed by atoms with Gasteiger partial charge in [-0.1, -0.05) is 96.1 Å². The van der Waals surface area contributed by atoms with E-state index < -0.39 is 5.41 Å². The van der Waals surface area contributed by atoms with Gasteiger partial charge in [-0.15, -0.1) is 0 Å². The van der Waals surface area contributed by atoms with Gasteiger partial charge in [0.25, 0.3) is 5.91 Å². The number of hydrogen-bond acceptors (Lipinski definition) is 4. The molecule has 1 aromatic heterocycles. The number of benzene rings is 3. The first kappa shape index (κ1) is 27.7. The number of aromatic nitrogens is 1. The number of hydrogen-bond donors (Lipinski definition) is 2. The first-order valence-corrected chi connectivity index (χ1v) is 13.1. The predicted molar refractivity (Wildman–Crippen MR) is 160 cm³/mol. The molecule has 1 heterocycles. The molecule has 4 rings (SSSR count). The summed E-state index contributed by atoms with van der Waals surface area (Å²) in [6.07, 6.45) is 0. The summed E-state index contributed by atoms with van der Waals surface area (Å²) in [5.74, 6) is -0.395. The molecule has 0 fully saturated rings. The molecule has 0 atom stereocenters. The Morgan fingerprint density at radius 2 is 1.51 bits per heavy atom. The van der Waals surface area contributed by atoms with E-state index in [4.69, 9.17) is 4.98 Å². The molecule has 0 bridgehead atoms. The summed E-state index contributed by atoms with van der Waals surface area (Å²) < 4.78 is 0. The second kappa shape index (κ2) is 10.8. The van der Waals surface area contributed by atoms with Gasteiger partial charge in [0.2, 0.25) is 5.91 Å². The van der Waals surface area contributed by atoms with Crippen LogP contribution in [0.1, 0.15) is 70.0 Å². The molecule has 6 heteroatoms. The lowest BCUT2D eigenvalue weighted by atomic mass is 9.86. The molecular formula is C33H36N4O2. The van der Waals surface area contributed by atoms with E-state index in [1.807, 2.05) is 94.4 Å². The molecule has 0 aliphatic rings. The van der Waals surface area contributed by atoms with Crippen LogP contribution in [-0.2, 0) is 10.2 Å². The lowest BCUT2D eigenvalue weighted by Gasteiger charge is -2.19. The van der Waals surface area contributed by atoms with Crippen molar-refractivity contribution < 1.29 is 9.59 Å². The summed E-state index contributed by atoms with van der Waals surface area (Å²) in [6.45, 7) is 14.0. The summed E-state index contributed by atoms with van der Waals surface area (Å²) in [7, 11) is 0. The largest absolute Gasteiger partial charge is 0.326 e. The lowest BCUT2D eigenvalue weighted by molar-refractivity contribution is -0.123. The first-order valence-electron chi connectivity index (χ1n) is 13.1. The second-order valence-electron chi connectivity index (χ2n) is 11.8. The standard InChI is InChI=1S/C33H36N4O2/c1-21(23-11-10-12-25(19-23)34-31(39)33(5,6)7)36-37-30(38)27-20-29(35-28-14-9-8-13-26(27)28)22-15-17-24(18-16-22)32(2,3)4/h8-20H,1-7H3,(H,34,39)(H,37,38)/b36-21+. The van der Waals surface area contributed by atoms with Crippen molar-refractivity contribution >= 4 is 34.1 Å². The molecule has 39 heavy (non-hydrogen) atoms. The quantitative estimate of drug-likeness (QED) is 0.213. The Morgan fingerprint density at radius 1 is 0.821 bits per heavy atom. The van der Waals surface area contributed by atoms with Crippen LogP contribution in [0.4, 0.5) is 5.69 Å². The van der Waals surface area contributed by atoms with Gasteiger partial charge in [-0.2, -0.15) is 5.10 Å². The molecule has 4 aromatic rings. The normalized spacial score (nSPS) is 12.3. The Labute approximate surface area is 230 Å². The van der Waals surface area contributed by atoms with E-state index in [1.54, 1.807) is 0 Å². The molecule has 2 amide bonds. The van der Waals surface area contributed by atoms with Crippen LogP contribution in [0.25, 0.3) is 22.2 Å². The van der Waals surface area contributed by atoms with Crippen molar-refractivity contribution in [3.63, 3.8) is 0 Å². The van der Waals surface area contributed by atoms with Crippen molar-refractivity contribution in [2.75, 3.05) is 5.32 Å². The fourth-order valence-corrected chi connectivity index (χ4v) is 4.05. The molecule has 0 saturated heterocycles. The highest BCUT2D eigenvalue weighted by Crippen LogP contribution is 2.28. The Kier molecular flexibility index (Phi) is 7.68. The highest BCUT2D eigenvalue weighted by Gasteiger charge is 2.21. The molecule has 0 aliphatic heterocycles. The van der Waals surface area contributed by atoms with E-state index >= 15 is 0 Å². The minimum Gasteiger partial charge on any atom is -0.326 e. The number of rotatable bonds is 5. The lowest BCUT2D eigenvalue weighted by Crippen LogP contribution is -2.27. The van der Waals surface area contributed by atoms with Crippen LogP contribution in [0.3, 0.4) is 0 Å². The third-order valence-electron chi connectivity index (χ3n) is 6.55. The van der Waals surface area contributed by atoms with E-state index in [1.165, 1.54) is 5.56 Å². The maximum Gasteiger partial charge on any atom is 0.272 e. The monoisotopic (exact) mass is 520 g/mol. The number of amides is 2. The molecule has 6 nitrogen and oxygen atoms in total. The van der Waals surface area contributed by atoms with Crippen molar-refractivity contribution in [1.82, 2.24) is 10.4 Å². The Morgan fingerprint density at radius 3 is 2.18 bits per heavy atom. The van der Waals surface area contributed by atoms with Crippen molar-refractivity contribution in [2.24, 2.45) is 10.5 Å². The smallest absolute Gasteiger partial charge is 0.272 e. The van der Waals surface area contributed by atoms with E-state index in [0.717, 1.165) is 27.7 Å². The molecule has 200 valence electrons. The topological polar surface area (TPSA) is 83.4 Å². The molecule has 0 aliphatic carbocycles. The molecule has 0 radical (unpaired) electrons. The first-order chi connectivity index (χ1) is 18.3. The van der Waals surface area contributed by atoms with E-state index in [9.17, 15) is 9.59 Å². The van der Waals surface area contributed by atoms with Crippen molar-refractivity contribution in [2.45, 2.75) is 53.9 Å². The van der Waals surface area contributed by atoms with E-state index in [2.05, 4.69) is 48.7 Å². The number of nitrogens with zero attached hydrogens (tertiary/aromatic N) is 2. The van der Waals surface area contributed by atoms with Gasteiger partial charge in [0.05, 0.1) is 22.5 Å². The SMILES string of the molecule is C/C(=N\NC(=O)c1cc(-c2ccc(C(C)(C)C)cc2)nc2ccccc12)c1cccc(NC(=O)C(C)(C)C)c1. The molecule has 0 saturated carbocycles. The number of anilines is 1. The van der Waals surface area contributed by atoms with Crippen LogP contribution in [0.5, 0.6) is 0 Å². The van der Waals surface area contributed by atoms with Crippen molar-refractivity contribution in [1.29, 1.82) is 0 Å². The molecule has 0 spiro atoms.